The van der Waals surface area contributed by atoms with Gasteiger partial charge in [0.25, 0.3) is 0 Å². The van der Waals surface area contributed by atoms with E-state index >= 15 is 0 Å². The minimum absolute atomic E-state index is 0.00357. The van der Waals surface area contributed by atoms with E-state index in [1.165, 1.54) is 18.3 Å². The van der Waals surface area contributed by atoms with Crippen LogP contribution >= 0.6 is 11.3 Å². The number of rotatable bonds is 6. The number of hydrogen-bond donors (Lipinski definition) is 1. The fourth-order valence-electron chi connectivity index (χ4n) is 1.85. The predicted molar refractivity (Wildman–Crippen MR) is 87.6 cm³/mol. The van der Waals surface area contributed by atoms with E-state index in [1.54, 1.807) is 33.4 Å². The van der Waals surface area contributed by atoms with Gasteiger partial charge in [0.05, 0.1) is 31.0 Å². The number of Topliss-reactive ketones (excluding diaryl/α,β-unsaturated/α-hetero) is 1. The molecule has 0 saturated heterocycles. The van der Waals surface area contributed by atoms with Crippen LogP contribution in [0.15, 0.2) is 23.3 Å². The van der Waals surface area contributed by atoms with Crippen LogP contribution in [0.4, 0.5) is 5.13 Å². The first kappa shape index (κ1) is 16.0. The van der Waals surface area contributed by atoms with Crippen LogP contribution < -0.4 is 14.9 Å². The number of anilines is 1. The van der Waals surface area contributed by atoms with Crippen LogP contribution in [-0.4, -0.2) is 31.2 Å². The van der Waals surface area contributed by atoms with E-state index in [0.29, 0.717) is 27.2 Å². The number of methoxy groups -OCH3 is 2. The molecular weight excluding hydrogens is 302 g/mol. The average Bonchev–Trinajstić information content (AvgIpc) is 2.88. The molecule has 1 heterocycles. The topological polar surface area (TPSA) is 72.8 Å². The molecule has 116 valence electrons. The Bertz CT molecular complexity index is 710. The van der Waals surface area contributed by atoms with Crippen molar-refractivity contribution in [2.24, 2.45) is 5.10 Å². The summed E-state index contributed by atoms with van der Waals surface area (Å²) in [6, 6.07) is 5.45. The van der Waals surface area contributed by atoms with Crippen molar-refractivity contribution in [1.82, 2.24) is 4.98 Å². The summed E-state index contributed by atoms with van der Waals surface area (Å²) in [5.74, 6) is 1.37. The summed E-state index contributed by atoms with van der Waals surface area (Å²) < 4.78 is 10.4. The van der Waals surface area contributed by atoms with Crippen molar-refractivity contribution in [3.8, 4) is 11.5 Å². The molecule has 0 unspecified atom stereocenters. The second kappa shape index (κ2) is 7.04. The number of hydrazone groups is 1. The second-order valence-electron chi connectivity index (χ2n) is 4.47. The summed E-state index contributed by atoms with van der Waals surface area (Å²) in [6.07, 6.45) is 1.63. The first-order valence-corrected chi connectivity index (χ1v) is 7.36. The van der Waals surface area contributed by atoms with Crippen molar-refractivity contribution in [1.29, 1.82) is 0 Å². The highest BCUT2D eigenvalue weighted by atomic mass is 32.1. The Morgan fingerprint density at radius 3 is 2.73 bits per heavy atom. The SMILES string of the molecule is COc1ccc(C=NNc2nc(C)c(C(C)=O)s2)c(OC)c1. The van der Waals surface area contributed by atoms with Crippen LogP contribution in [0.5, 0.6) is 11.5 Å². The number of nitrogens with zero attached hydrogens (tertiary/aromatic N) is 2. The Kier molecular flexibility index (Phi) is 5.11. The van der Waals surface area contributed by atoms with Crippen molar-refractivity contribution in [2.45, 2.75) is 13.8 Å². The third kappa shape index (κ3) is 3.62. The summed E-state index contributed by atoms with van der Waals surface area (Å²) >= 11 is 1.28. The first-order chi connectivity index (χ1) is 10.5. The van der Waals surface area contributed by atoms with Gasteiger partial charge in [0.1, 0.15) is 11.5 Å². The van der Waals surface area contributed by atoms with Crippen LogP contribution in [0.1, 0.15) is 27.9 Å². The van der Waals surface area contributed by atoms with Gasteiger partial charge < -0.3 is 9.47 Å². The lowest BCUT2D eigenvalue weighted by molar-refractivity contribution is 0.102. The largest absolute Gasteiger partial charge is 0.497 e. The van der Waals surface area contributed by atoms with Crippen LogP contribution in [0, 0.1) is 6.92 Å². The lowest BCUT2D eigenvalue weighted by Crippen LogP contribution is -1.95. The number of ether oxygens (including phenoxy) is 2. The number of carbonyl (C=O) groups is 1. The number of benzene rings is 1. The zero-order chi connectivity index (χ0) is 16.1. The maximum absolute atomic E-state index is 11.4. The molecule has 0 radical (unpaired) electrons. The zero-order valence-electron chi connectivity index (χ0n) is 12.8. The minimum Gasteiger partial charge on any atom is -0.497 e. The Balaban J connectivity index is 2.12. The number of carbonyl (C=O) groups excluding carboxylic acids is 1. The minimum atomic E-state index is 0.00357. The van der Waals surface area contributed by atoms with Crippen molar-refractivity contribution in [3.05, 3.63) is 34.3 Å². The van der Waals surface area contributed by atoms with E-state index in [2.05, 4.69) is 15.5 Å². The fraction of sp³-hybridized carbons (Fsp3) is 0.267. The van der Waals surface area contributed by atoms with Crippen LogP contribution in [0.3, 0.4) is 0 Å². The van der Waals surface area contributed by atoms with E-state index in [9.17, 15) is 4.79 Å². The number of thiazole rings is 1. The highest BCUT2D eigenvalue weighted by Crippen LogP contribution is 2.24. The van der Waals surface area contributed by atoms with Crippen LogP contribution in [0.2, 0.25) is 0 Å². The predicted octanol–water partition coefficient (Wildman–Crippen LogP) is 3.12. The number of aromatic nitrogens is 1. The van der Waals surface area contributed by atoms with Gasteiger partial charge in [0, 0.05) is 18.6 Å². The maximum atomic E-state index is 11.4. The standard InChI is InChI=1S/C15H17N3O3S/c1-9-14(10(2)19)22-15(17-9)18-16-8-11-5-6-12(20-3)7-13(11)21-4/h5-8H,1-4H3,(H,17,18). The molecule has 2 rings (SSSR count). The van der Waals surface area contributed by atoms with Crippen LogP contribution in [0.25, 0.3) is 0 Å². The van der Waals surface area contributed by atoms with Crippen molar-refractivity contribution in [2.75, 3.05) is 19.6 Å². The highest BCUT2D eigenvalue weighted by Gasteiger charge is 2.10. The number of ketones is 1. The normalized spacial score (nSPS) is 10.7. The van der Waals surface area contributed by atoms with E-state index in [1.807, 2.05) is 12.1 Å². The molecule has 7 heteroatoms. The van der Waals surface area contributed by atoms with Gasteiger partial charge in [0.15, 0.2) is 5.78 Å². The fourth-order valence-corrected chi connectivity index (χ4v) is 2.66. The Morgan fingerprint density at radius 1 is 1.36 bits per heavy atom. The molecule has 0 atom stereocenters. The smallest absolute Gasteiger partial charge is 0.204 e. The molecule has 1 aromatic heterocycles. The van der Waals surface area contributed by atoms with Gasteiger partial charge in [-0.1, -0.05) is 11.3 Å². The quantitative estimate of drug-likeness (QED) is 0.503. The van der Waals surface area contributed by atoms with Crippen molar-refractivity contribution < 1.29 is 14.3 Å². The molecule has 0 aliphatic rings. The lowest BCUT2D eigenvalue weighted by Gasteiger charge is -2.06. The molecule has 0 aliphatic heterocycles. The van der Waals surface area contributed by atoms with Gasteiger partial charge in [0.2, 0.25) is 5.13 Å². The third-order valence-corrected chi connectivity index (χ3v) is 4.08. The summed E-state index contributed by atoms with van der Waals surface area (Å²) in [5.41, 5.74) is 4.33. The van der Waals surface area contributed by atoms with E-state index in [0.717, 1.165) is 5.56 Å². The van der Waals surface area contributed by atoms with Gasteiger partial charge in [-0.05, 0) is 19.1 Å². The molecule has 0 spiro atoms. The molecule has 2 aromatic rings. The maximum Gasteiger partial charge on any atom is 0.204 e. The Hall–Kier alpha value is -2.41. The molecule has 0 saturated carbocycles. The van der Waals surface area contributed by atoms with E-state index in [4.69, 9.17) is 9.47 Å². The van der Waals surface area contributed by atoms with Crippen molar-refractivity contribution in [3.63, 3.8) is 0 Å². The Morgan fingerprint density at radius 2 is 2.14 bits per heavy atom. The summed E-state index contributed by atoms with van der Waals surface area (Å²) in [5, 5.41) is 4.71. The van der Waals surface area contributed by atoms with Crippen molar-refractivity contribution >= 4 is 28.5 Å². The monoisotopic (exact) mass is 319 g/mol. The molecular formula is C15H17N3O3S. The van der Waals surface area contributed by atoms with Gasteiger partial charge in [-0.15, -0.1) is 0 Å². The van der Waals surface area contributed by atoms with Gasteiger partial charge in [-0.3, -0.25) is 10.2 Å². The summed E-state index contributed by atoms with van der Waals surface area (Å²) in [6.45, 7) is 3.32. The van der Waals surface area contributed by atoms with Gasteiger partial charge >= 0.3 is 0 Å². The molecule has 6 nitrogen and oxygen atoms in total. The number of hydrogen-bond acceptors (Lipinski definition) is 7. The molecule has 0 aliphatic carbocycles. The average molecular weight is 319 g/mol. The molecule has 0 fully saturated rings. The summed E-state index contributed by atoms with van der Waals surface area (Å²) in [4.78, 5) is 16.3. The molecule has 1 aromatic carbocycles. The number of aryl methyl sites for hydroxylation is 1. The van der Waals surface area contributed by atoms with E-state index < -0.39 is 0 Å². The van der Waals surface area contributed by atoms with Gasteiger partial charge in [-0.2, -0.15) is 5.10 Å². The van der Waals surface area contributed by atoms with Gasteiger partial charge in [-0.25, -0.2) is 4.98 Å². The van der Waals surface area contributed by atoms with E-state index in [-0.39, 0.29) is 5.78 Å². The first-order valence-electron chi connectivity index (χ1n) is 6.54. The number of nitrogens with one attached hydrogen (secondary N) is 1. The van der Waals surface area contributed by atoms with Crippen LogP contribution in [-0.2, 0) is 0 Å². The molecule has 0 bridgehead atoms. The molecule has 22 heavy (non-hydrogen) atoms. The molecule has 0 amide bonds. The zero-order valence-corrected chi connectivity index (χ0v) is 13.7. The Labute approximate surface area is 132 Å². The summed E-state index contributed by atoms with van der Waals surface area (Å²) in [7, 11) is 3.18. The highest BCUT2D eigenvalue weighted by molar-refractivity contribution is 7.17. The molecule has 1 N–H and O–H groups in total. The second-order valence-corrected chi connectivity index (χ2v) is 5.47. The third-order valence-electron chi connectivity index (χ3n) is 2.92. The lowest BCUT2D eigenvalue weighted by atomic mass is 10.2.